The third-order valence-corrected chi connectivity index (χ3v) is 5.46. The third-order valence-electron chi connectivity index (χ3n) is 5.46. The zero-order valence-corrected chi connectivity index (χ0v) is 16.5. The van der Waals surface area contributed by atoms with Gasteiger partial charge in [0.15, 0.2) is 0 Å². The first-order valence-corrected chi connectivity index (χ1v) is 10.0. The van der Waals surface area contributed by atoms with E-state index in [0.29, 0.717) is 0 Å². The fraction of sp³-hybridized carbons (Fsp3) is 0.458. The minimum Gasteiger partial charge on any atom is -0.426 e. The van der Waals surface area contributed by atoms with Crippen molar-refractivity contribution in [2.45, 2.75) is 72.1 Å². The van der Waals surface area contributed by atoms with E-state index < -0.39 is 0 Å². The number of esters is 1. The van der Waals surface area contributed by atoms with Crippen molar-refractivity contribution in [2.24, 2.45) is 0 Å². The fourth-order valence-corrected chi connectivity index (χ4v) is 4.07. The van der Waals surface area contributed by atoms with E-state index in [0.717, 1.165) is 49.8 Å². The maximum absolute atomic E-state index is 12.5. The summed E-state index contributed by atoms with van der Waals surface area (Å²) in [5, 5.41) is 0. The summed E-state index contributed by atoms with van der Waals surface area (Å²) in [6.45, 7) is 8.70. The average molecular weight is 351 g/mol. The number of hydrogen-bond acceptors (Lipinski definition) is 2. The summed E-state index contributed by atoms with van der Waals surface area (Å²) in [7, 11) is 0. The Morgan fingerprint density at radius 1 is 0.962 bits per heavy atom. The molecule has 0 aliphatic carbocycles. The second kappa shape index (κ2) is 8.07. The van der Waals surface area contributed by atoms with Gasteiger partial charge in [0.2, 0.25) is 0 Å². The molecule has 1 aliphatic rings. The lowest BCUT2D eigenvalue weighted by Crippen LogP contribution is -2.11. The second-order valence-corrected chi connectivity index (χ2v) is 7.54. The molecule has 1 atom stereocenters. The fourth-order valence-electron chi connectivity index (χ4n) is 4.07. The number of fused-ring (bicyclic) bond motifs is 1. The van der Waals surface area contributed by atoms with Crippen molar-refractivity contribution in [3.8, 4) is 16.9 Å². The Labute approximate surface area is 157 Å². The van der Waals surface area contributed by atoms with Gasteiger partial charge in [0.05, 0.1) is 5.92 Å². The smallest absolute Gasteiger partial charge is 0.318 e. The Kier molecular flexibility index (Phi) is 5.80. The highest BCUT2D eigenvalue weighted by Crippen LogP contribution is 2.44. The van der Waals surface area contributed by atoms with Crippen LogP contribution in [0.2, 0.25) is 0 Å². The van der Waals surface area contributed by atoms with Crippen LogP contribution in [-0.2, 0) is 11.2 Å². The number of carbonyl (C=O) groups is 1. The van der Waals surface area contributed by atoms with Crippen molar-refractivity contribution in [3.05, 3.63) is 52.6 Å². The first kappa shape index (κ1) is 18.7. The predicted molar refractivity (Wildman–Crippen MR) is 108 cm³/mol. The van der Waals surface area contributed by atoms with E-state index in [9.17, 15) is 4.79 Å². The molecule has 0 N–H and O–H groups in total. The monoisotopic (exact) mass is 350 g/mol. The van der Waals surface area contributed by atoms with Gasteiger partial charge in [-0.05, 0) is 61.4 Å². The molecule has 1 aliphatic heterocycles. The van der Waals surface area contributed by atoms with Crippen LogP contribution in [0.25, 0.3) is 11.1 Å². The lowest BCUT2D eigenvalue weighted by molar-refractivity contribution is -0.134. The Morgan fingerprint density at radius 2 is 1.69 bits per heavy atom. The molecular weight excluding hydrogens is 320 g/mol. The largest absolute Gasteiger partial charge is 0.426 e. The van der Waals surface area contributed by atoms with Crippen LogP contribution in [-0.4, -0.2) is 5.97 Å². The van der Waals surface area contributed by atoms with Crippen LogP contribution in [0.5, 0.6) is 5.75 Å². The number of carbonyl (C=O) groups excluding carboxylic acids is 1. The first-order chi connectivity index (χ1) is 12.6. The van der Waals surface area contributed by atoms with Crippen LogP contribution in [0.3, 0.4) is 0 Å². The molecule has 2 aromatic carbocycles. The number of unbranched alkanes of at least 4 members (excludes halogenated alkanes) is 2. The number of benzene rings is 2. The van der Waals surface area contributed by atoms with Crippen LogP contribution in [0.4, 0.5) is 0 Å². The molecule has 3 rings (SSSR count). The summed E-state index contributed by atoms with van der Waals surface area (Å²) in [5.74, 6) is 0.627. The molecule has 2 heteroatoms. The topological polar surface area (TPSA) is 26.3 Å². The second-order valence-electron chi connectivity index (χ2n) is 7.54. The highest BCUT2D eigenvalue weighted by atomic mass is 16.5. The maximum atomic E-state index is 12.5. The highest BCUT2D eigenvalue weighted by Gasteiger charge is 2.35. The standard InChI is InChI=1S/C24H30O2/c1-5-7-9-20-19(18-12-11-16(3)15-17(18)4)13-14-22-23(20)21(10-8-6-2)24(25)26-22/h11-15,21H,5-10H2,1-4H3. The molecule has 0 bridgehead atoms. The van der Waals surface area contributed by atoms with Gasteiger partial charge in [-0.3, -0.25) is 4.79 Å². The van der Waals surface area contributed by atoms with Crippen LogP contribution in [0, 0.1) is 13.8 Å². The van der Waals surface area contributed by atoms with Gasteiger partial charge in [0.25, 0.3) is 0 Å². The van der Waals surface area contributed by atoms with Crippen molar-refractivity contribution in [1.82, 2.24) is 0 Å². The van der Waals surface area contributed by atoms with E-state index in [1.54, 1.807) is 0 Å². The predicted octanol–water partition coefficient (Wildman–Crippen LogP) is 6.51. The number of rotatable bonds is 7. The minimum atomic E-state index is -0.0949. The summed E-state index contributed by atoms with van der Waals surface area (Å²) in [6, 6.07) is 10.8. The quantitative estimate of drug-likeness (QED) is 0.420. The summed E-state index contributed by atoms with van der Waals surface area (Å²) in [6.07, 6.45) is 6.31. The molecule has 0 spiro atoms. The summed E-state index contributed by atoms with van der Waals surface area (Å²) in [5.41, 5.74) is 7.60. The van der Waals surface area contributed by atoms with Gasteiger partial charge in [-0.1, -0.05) is 62.9 Å². The Bertz CT molecular complexity index is 804. The van der Waals surface area contributed by atoms with Crippen LogP contribution >= 0.6 is 0 Å². The average Bonchev–Trinajstić information content (AvgIpc) is 2.93. The van der Waals surface area contributed by atoms with E-state index >= 15 is 0 Å². The Balaban J connectivity index is 2.14. The van der Waals surface area contributed by atoms with Gasteiger partial charge >= 0.3 is 5.97 Å². The van der Waals surface area contributed by atoms with E-state index in [4.69, 9.17) is 4.74 Å². The van der Waals surface area contributed by atoms with Crippen molar-refractivity contribution in [1.29, 1.82) is 0 Å². The molecule has 1 heterocycles. The Hall–Kier alpha value is -2.09. The van der Waals surface area contributed by atoms with Crippen molar-refractivity contribution >= 4 is 5.97 Å². The number of aryl methyl sites for hydroxylation is 2. The van der Waals surface area contributed by atoms with Crippen LogP contribution < -0.4 is 4.74 Å². The van der Waals surface area contributed by atoms with Gasteiger partial charge in [-0.25, -0.2) is 0 Å². The molecule has 0 aromatic heterocycles. The number of hydrogen-bond donors (Lipinski definition) is 0. The molecule has 0 radical (unpaired) electrons. The highest BCUT2D eigenvalue weighted by molar-refractivity contribution is 5.89. The van der Waals surface area contributed by atoms with Gasteiger partial charge in [-0.15, -0.1) is 0 Å². The van der Waals surface area contributed by atoms with E-state index in [1.807, 2.05) is 6.07 Å². The third kappa shape index (κ3) is 3.56. The zero-order valence-electron chi connectivity index (χ0n) is 16.5. The molecule has 2 aromatic rings. The normalized spacial score (nSPS) is 15.8. The molecule has 0 amide bonds. The molecule has 2 nitrogen and oxygen atoms in total. The van der Waals surface area contributed by atoms with Gasteiger partial charge < -0.3 is 4.74 Å². The summed E-state index contributed by atoms with van der Waals surface area (Å²) < 4.78 is 5.64. The SMILES string of the molecule is CCCCc1c(-c2ccc(C)cc2C)ccc2c1C(CCCC)C(=O)O2. The van der Waals surface area contributed by atoms with Crippen LogP contribution in [0.1, 0.15) is 74.1 Å². The molecule has 1 unspecified atom stereocenters. The minimum absolute atomic E-state index is 0.0658. The first-order valence-electron chi connectivity index (χ1n) is 10.0. The van der Waals surface area contributed by atoms with E-state index in [1.165, 1.54) is 27.8 Å². The van der Waals surface area contributed by atoms with Gasteiger partial charge in [-0.2, -0.15) is 0 Å². The molecule has 0 fully saturated rings. The van der Waals surface area contributed by atoms with Gasteiger partial charge in [0, 0.05) is 5.56 Å². The van der Waals surface area contributed by atoms with E-state index in [2.05, 4.69) is 52.0 Å². The lowest BCUT2D eigenvalue weighted by Gasteiger charge is -2.18. The zero-order chi connectivity index (χ0) is 18.7. The van der Waals surface area contributed by atoms with Gasteiger partial charge in [0.1, 0.15) is 5.75 Å². The van der Waals surface area contributed by atoms with Crippen molar-refractivity contribution < 1.29 is 9.53 Å². The van der Waals surface area contributed by atoms with Crippen LogP contribution in [0.15, 0.2) is 30.3 Å². The van der Waals surface area contributed by atoms with E-state index in [-0.39, 0.29) is 11.9 Å². The molecular formula is C24H30O2. The molecule has 138 valence electrons. The molecule has 26 heavy (non-hydrogen) atoms. The molecule has 0 saturated heterocycles. The summed E-state index contributed by atoms with van der Waals surface area (Å²) in [4.78, 5) is 12.5. The van der Waals surface area contributed by atoms with Crippen molar-refractivity contribution in [2.75, 3.05) is 0 Å². The Morgan fingerprint density at radius 3 is 2.38 bits per heavy atom. The maximum Gasteiger partial charge on any atom is 0.318 e. The lowest BCUT2D eigenvalue weighted by atomic mass is 9.84. The van der Waals surface area contributed by atoms with Crippen molar-refractivity contribution in [3.63, 3.8) is 0 Å². The summed E-state index contributed by atoms with van der Waals surface area (Å²) >= 11 is 0. The number of ether oxygens (including phenoxy) is 1. The molecule has 0 saturated carbocycles.